The van der Waals surface area contributed by atoms with Crippen LogP contribution < -0.4 is 0 Å². The summed E-state index contributed by atoms with van der Waals surface area (Å²) in [5, 5.41) is 5.34. The van der Waals surface area contributed by atoms with Crippen LogP contribution in [0.2, 0.25) is 0 Å². The van der Waals surface area contributed by atoms with Gasteiger partial charge in [0.1, 0.15) is 5.69 Å². The number of aryl methyl sites for hydroxylation is 2. The number of hydrogen-bond acceptors (Lipinski definition) is 3. The lowest BCUT2D eigenvalue weighted by atomic mass is 10.0. The summed E-state index contributed by atoms with van der Waals surface area (Å²) in [5.74, 6) is 0.00245. The van der Waals surface area contributed by atoms with Gasteiger partial charge >= 0.3 is 0 Å². The zero-order valence-electron chi connectivity index (χ0n) is 12.2. The first-order valence-electron chi connectivity index (χ1n) is 7.19. The van der Waals surface area contributed by atoms with Crippen molar-refractivity contribution in [2.24, 2.45) is 0 Å². The van der Waals surface area contributed by atoms with Gasteiger partial charge in [-0.15, -0.1) is 0 Å². The Kier molecular flexibility index (Phi) is 3.52. The van der Waals surface area contributed by atoms with Crippen molar-refractivity contribution in [3.8, 4) is 0 Å². The molecule has 2 heterocycles. The largest absolute Gasteiger partial charge is 0.287 e. The third-order valence-electron chi connectivity index (χ3n) is 3.62. The van der Waals surface area contributed by atoms with E-state index in [9.17, 15) is 4.79 Å². The minimum absolute atomic E-state index is 0.00245. The van der Waals surface area contributed by atoms with Crippen LogP contribution >= 0.6 is 0 Å². The van der Waals surface area contributed by atoms with Gasteiger partial charge in [0.2, 0.25) is 5.78 Å². The lowest BCUT2D eigenvalue weighted by molar-refractivity contribution is 0.103. The van der Waals surface area contributed by atoms with Gasteiger partial charge in [-0.25, -0.2) is 0 Å². The number of ketones is 1. The molecule has 0 N–H and O–H groups in total. The highest BCUT2D eigenvalue weighted by Crippen LogP contribution is 2.20. The Morgan fingerprint density at radius 1 is 1.19 bits per heavy atom. The third kappa shape index (κ3) is 2.33. The normalized spacial score (nSPS) is 11.0. The summed E-state index contributed by atoms with van der Waals surface area (Å²) in [4.78, 5) is 17.2. The molecule has 21 heavy (non-hydrogen) atoms. The molecule has 0 aliphatic heterocycles. The second-order valence-electron chi connectivity index (χ2n) is 4.90. The van der Waals surface area contributed by atoms with E-state index < -0.39 is 0 Å². The topological polar surface area (TPSA) is 47.8 Å². The predicted octanol–water partition coefficient (Wildman–Crippen LogP) is 3.24. The monoisotopic (exact) mass is 279 g/mol. The van der Waals surface area contributed by atoms with Crippen molar-refractivity contribution in [2.75, 3.05) is 0 Å². The van der Waals surface area contributed by atoms with Crippen LogP contribution in [0.1, 0.15) is 35.6 Å². The molecule has 3 rings (SSSR count). The summed E-state index contributed by atoms with van der Waals surface area (Å²) in [6.45, 7) is 4.72. The van der Waals surface area contributed by atoms with Crippen LogP contribution in [0, 0.1) is 0 Å². The molecule has 4 nitrogen and oxygen atoms in total. The number of aromatic nitrogens is 3. The van der Waals surface area contributed by atoms with Gasteiger partial charge in [-0.1, -0.05) is 25.1 Å². The number of carbonyl (C=O) groups excluding carboxylic acids is 1. The predicted molar refractivity (Wildman–Crippen MR) is 82.5 cm³/mol. The van der Waals surface area contributed by atoms with Crippen LogP contribution in [0.15, 0.2) is 42.6 Å². The van der Waals surface area contributed by atoms with Gasteiger partial charge in [0.15, 0.2) is 0 Å². The first-order valence-corrected chi connectivity index (χ1v) is 7.19. The highest BCUT2D eigenvalue weighted by Gasteiger charge is 2.18. The minimum Gasteiger partial charge on any atom is -0.287 e. The molecule has 1 aromatic carbocycles. The van der Waals surface area contributed by atoms with Gasteiger partial charge in [0.05, 0.1) is 11.2 Å². The summed E-state index contributed by atoms with van der Waals surface area (Å²) in [6, 6.07) is 11.3. The van der Waals surface area contributed by atoms with Crippen molar-refractivity contribution in [1.29, 1.82) is 0 Å². The van der Waals surface area contributed by atoms with Gasteiger partial charge in [-0.05, 0) is 31.5 Å². The molecule has 2 aromatic heterocycles. The van der Waals surface area contributed by atoms with E-state index >= 15 is 0 Å². The number of fused-ring (bicyclic) bond motifs is 1. The van der Waals surface area contributed by atoms with Crippen molar-refractivity contribution in [3.05, 3.63) is 59.5 Å². The zero-order valence-corrected chi connectivity index (χ0v) is 12.2. The molecule has 4 heteroatoms. The second kappa shape index (κ2) is 5.48. The molecular weight excluding hydrogens is 262 g/mol. The van der Waals surface area contributed by atoms with E-state index in [4.69, 9.17) is 0 Å². The Morgan fingerprint density at radius 2 is 2.05 bits per heavy atom. The lowest BCUT2D eigenvalue weighted by Gasteiger charge is -2.06. The van der Waals surface area contributed by atoms with Crippen molar-refractivity contribution < 1.29 is 4.79 Å². The lowest BCUT2D eigenvalue weighted by Crippen LogP contribution is -2.11. The van der Waals surface area contributed by atoms with E-state index in [1.807, 2.05) is 50.2 Å². The van der Waals surface area contributed by atoms with E-state index in [2.05, 4.69) is 10.1 Å². The van der Waals surface area contributed by atoms with E-state index in [1.54, 1.807) is 10.9 Å². The molecule has 0 aliphatic carbocycles. The number of nitrogens with zero attached hydrogens (tertiary/aromatic N) is 3. The molecule has 0 spiro atoms. The molecule has 0 atom stereocenters. The summed E-state index contributed by atoms with van der Waals surface area (Å²) in [6.07, 6.45) is 2.56. The van der Waals surface area contributed by atoms with Crippen LogP contribution in [0.3, 0.4) is 0 Å². The first kappa shape index (κ1) is 13.5. The summed E-state index contributed by atoms with van der Waals surface area (Å²) in [5.41, 5.74) is 3.10. The molecule has 0 bridgehead atoms. The molecule has 3 aromatic rings. The van der Waals surface area contributed by atoms with E-state index in [-0.39, 0.29) is 5.78 Å². The fourth-order valence-corrected chi connectivity index (χ4v) is 2.51. The van der Waals surface area contributed by atoms with Crippen LogP contribution in [0.5, 0.6) is 0 Å². The standard InChI is InChI=1S/C17H17N3O/c1-3-12-11-16(20(4-2)19-12)17(21)14-7-5-9-15-13(14)8-6-10-18-15/h5-11H,3-4H2,1-2H3. The molecule has 0 saturated heterocycles. The fraction of sp³-hybridized carbons (Fsp3) is 0.235. The van der Waals surface area contributed by atoms with Crippen molar-refractivity contribution in [2.45, 2.75) is 26.8 Å². The van der Waals surface area contributed by atoms with Crippen LogP contribution in [-0.4, -0.2) is 20.5 Å². The van der Waals surface area contributed by atoms with Crippen molar-refractivity contribution in [3.63, 3.8) is 0 Å². The number of benzene rings is 1. The Morgan fingerprint density at radius 3 is 2.81 bits per heavy atom. The van der Waals surface area contributed by atoms with Crippen LogP contribution in [0.4, 0.5) is 0 Å². The van der Waals surface area contributed by atoms with E-state index in [0.717, 1.165) is 23.0 Å². The summed E-state index contributed by atoms with van der Waals surface area (Å²) in [7, 11) is 0. The average molecular weight is 279 g/mol. The van der Waals surface area contributed by atoms with Gasteiger partial charge in [-0.2, -0.15) is 5.10 Å². The molecule has 0 saturated carbocycles. The maximum Gasteiger partial charge on any atom is 0.211 e. The first-order chi connectivity index (χ1) is 10.2. The molecular formula is C17H17N3O. The molecule has 0 amide bonds. The Hall–Kier alpha value is -2.49. The zero-order chi connectivity index (χ0) is 14.8. The maximum atomic E-state index is 12.9. The van der Waals surface area contributed by atoms with E-state index in [1.165, 1.54) is 0 Å². The Balaban J connectivity index is 2.15. The number of rotatable bonds is 4. The quantitative estimate of drug-likeness (QED) is 0.689. The van der Waals surface area contributed by atoms with Gasteiger partial charge in [0, 0.05) is 23.7 Å². The molecule has 0 unspecified atom stereocenters. The van der Waals surface area contributed by atoms with Crippen LogP contribution in [-0.2, 0) is 13.0 Å². The summed E-state index contributed by atoms with van der Waals surface area (Å²) >= 11 is 0. The summed E-state index contributed by atoms with van der Waals surface area (Å²) < 4.78 is 1.77. The minimum atomic E-state index is 0.00245. The van der Waals surface area contributed by atoms with Gasteiger partial charge in [-0.3, -0.25) is 14.5 Å². The molecule has 0 fully saturated rings. The van der Waals surface area contributed by atoms with Gasteiger partial charge in [0.25, 0.3) is 0 Å². The molecule has 0 aliphatic rings. The molecule has 106 valence electrons. The Bertz CT molecular complexity index is 799. The Labute approximate surface area is 123 Å². The number of pyridine rings is 1. The average Bonchev–Trinajstić information content (AvgIpc) is 2.97. The van der Waals surface area contributed by atoms with Crippen LogP contribution in [0.25, 0.3) is 10.9 Å². The number of hydrogen-bond donors (Lipinski definition) is 0. The third-order valence-corrected chi connectivity index (χ3v) is 3.62. The maximum absolute atomic E-state index is 12.9. The highest BCUT2D eigenvalue weighted by atomic mass is 16.1. The molecule has 0 radical (unpaired) electrons. The second-order valence-corrected chi connectivity index (χ2v) is 4.90. The van der Waals surface area contributed by atoms with E-state index in [0.29, 0.717) is 17.8 Å². The van der Waals surface area contributed by atoms with Gasteiger partial charge < -0.3 is 0 Å². The van der Waals surface area contributed by atoms with Crippen molar-refractivity contribution in [1.82, 2.24) is 14.8 Å². The van der Waals surface area contributed by atoms with Crippen molar-refractivity contribution >= 4 is 16.7 Å². The highest BCUT2D eigenvalue weighted by molar-refractivity contribution is 6.15. The SMILES string of the molecule is CCc1cc(C(=O)c2cccc3ncccc23)n(CC)n1. The smallest absolute Gasteiger partial charge is 0.211 e. The number of carbonyl (C=O) groups is 1. The fourth-order valence-electron chi connectivity index (χ4n) is 2.51.